The van der Waals surface area contributed by atoms with Gasteiger partial charge in [0.1, 0.15) is 6.61 Å². The lowest BCUT2D eigenvalue weighted by molar-refractivity contribution is -0.107. The second-order valence-corrected chi connectivity index (χ2v) is 3.42. The van der Waals surface area contributed by atoms with Crippen molar-refractivity contribution in [3.05, 3.63) is 0 Å². The van der Waals surface area contributed by atoms with Gasteiger partial charge in [-0.25, -0.2) is 0 Å². The molecule has 0 saturated heterocycles. The fourth-order valence-electron chi connectivity index (χ4n) is 0.366. The molecular formula is C5H5F3O3S. The quantitative estimate of drug-likeness (QED) is 0.495. The van der Waals surface area contributed by atoms with Crippen molar-refractivity contribution in [3.8, 4) is 12.3 Å². The Morgan fingerprint density at radius 1 is 1.42 bits per heavy atom. The Morgan fingerprint density at radius 2 is 1.92 bits per heavy atom. The van der Waals surface area contributed by atoms with Crippen LogP contribution in [0.25, 0.3) is 0 Å². The minimum atomic E-state index is -4.80. The van der Waals surface area contributed by atoms with Gasteiger partial charge < -0.3 is 0 Å². The normalized spacial score (nSPS) is 12.5. The smallest absolute Gasteiger partial charge is 0.257 e. The zero-order chi connectivity index (χ0) is 9.83. The Hall–Kier alpha value is -0.740. The highest BCUT2D eigenvalue weighted by molar-refractivity contribution is 7.86. The van der Waals surface area contributed by atoms with E-state index in [0.29, 0.717) is 0 Å². The number of alkyl halides is 3. The van der Waals surface area contributed by atoms with Gasteiger partial charge in [-0.3, -0.25) is 4.18 Å². The third-order valence-corrected chi connectivity index (χ3v) is 1.82. The lowest BCUT2D eigenvalue weighted by atomic mass is 10.8. The average molecular weight is 202 g/mol. The molecule has 0 bridgehead atoms. The molecule has 0 radical (unpaired) electrons. The number of rotatable bonds is 3. The first kappa shape index (κ1) is 11.3. The highest BCUT2D eigenvalue weighted by Crippen LogP contribution is 2.17. The first-order valence-corrected chi connectivity index (χ1v) is 4.22. The van der Waals surface area contributed by atoms with Crippen LogP contribution in [0.1, 0.15) is 0 Å². The van der Waals surface area contributed by atoms with Crippen LogP contribution in [0, 0.1) is 12.3 Å². The van der Waals surface area contributed by atoms with Gasteiger partial charge in [-0.1, -0.05) is 5.92 Å². The minimum Gasteiger partial charge on any atom is -0.257 e. The summed E-state index contributed by atoms with van der Waals surface area (Å²) in [6, 6.07) is 0. The summed E-state index contributed by atoms with van der Waals surface area (Å²) in [5, 5.41) is 0. The summed E-state index contributed by atoms with van der Waals surface area (Å²) < 4.78 is 58.9. The summed E-state index contributed by atoms with van der Waals surface area (Å²) >= 11 is 0. The van der Waals surface area contributed by atoms with Crippen LogP contribution in [0.15, 0.2) is 0 Å². The molecule has 0 aliphatic rings. The topological polar surface area (TPSA) is 43.4 Å². The van der Waals surface area contributed by atoms with Gasteiger partial charge in [0, 0.05) is 0 Å². The Bertz CT molecular complexity index is 271. The van der Waals surface area contributed by atoms with Gasteiger partial charge in [-0.2, -0.15) is 21.6 Å². The summed E-state index contributed by atoms with van der Waals surface area (Å²) in [7, 11) is -4.57. The zero-order valence-corrected chi connectivity index (χ0v) is 6.57. The maximum Gasteiger partial charge on any atom is 0.405 e. The van der Waals surface area contributed by atoms with E-state index in [1.807, 2.05) is 0 Å². The fraction of sp³-hybridized carbons (Fsp3) is 0.600. The minimum absolute atomic E-state index is 0.682. The molecule has 7 heteroatoms. The van der Waals surface area contributed by atoms with Crippen molar-refractivity contribution in [3.63, 3.8) is 0 Å². The summed E-state index contributed by atoms with van der Waals surface area (Å²) in [6.45, 7) is -0.682. The SMILES string of the molecule is C#CCOS(=O)(=O)CC(F)(F)F. The second kappa shape index (κ2) is 3.78. The molecule has 0 N–H and O–H groups in total. The lowest BCUT2D eigenvalue weighted by Crippen LogP contribution is -2.24. The molecule has 0 aliphatic heterocycles. The van der Waals surface area contributed by atoms with E-state index < -0.39 is 28.7 Å². The van der Waals surface area contributed by atoms with Crippen molar-refractivity contribution in [1.29, 1.82) is 0 Å². The van der Waals surface area contributed by atoms with E-state index in [0.717, 1.165) is 0 Å². The summed E-state index contributed by atoms with van der Waals surface area (Å²) in [4.78, 5) is 0. The molecule has 12 heavy (non-hydrogen) atoms. The molecule has 70 valence electrons. The molecule has 0 rings (SSSR count). The largest absolute Gasteiger partial charge is 0.405 e. The lowest BCUT2D eigenvalue weighted by Gasteiger charge is -2.05. The first-order chi connectivity index (χ1) is 5.27. The van der Waals surface area contributed by atoms with Crippen molar-refractivity contribution < 1.29 is 25.8 Å². The van der Waals surface area contributed by atoms with Gasteiger partial charge in [0.25, 0.3) is 10.1 Å². The summed E-state index contributed by atoms with van der Waals surface area (Å²) in [5.41, 5.74) is 0. The zero-order valence-electron chi connectivity index (χ0n) is 5.76. The Labute approximate surface area is 67.6 Å². The Balaban J connectivity index is 4.18. The van der Waals surface area contributed by atoms with Crippen LogP contribution >= 0.6 is 0 Å². The van der Waals surface area contributed by atoms with Gasteiger partial charge in [-0.05, 0) is 0 Å². The van der Waals surface area contributed by atoms with Gasteiger partial charge in [0.05, 0.1) is 0 Å². The predicted molar refractivity (Wildman–Crippen MR) is 34.6 cm³/mol. The highest BCUT2D eigenvalue weighted by atomic mass is 32.2. The molecule has 0 aromatic rings. The van der Waals surface area contributed by atoms with E-state index in [9.17, 15) is 21.6 Å². The van der Waals surface area contributed by atoms with Crippen LogP contribution in [0.4, 0.5) is 13.2 Å². The van der Waals surface area contributed by atoms with Crippen molar-refractivity contribution in [2.24, 2.45) is 0 Å². The molecule has 0 aliphatic carbocycles. The van der Waals surface area contributed by atoms with E-state index in [2.05, 4.69) is 10.6 Å². The third kappa shape index (κ3) is 6.00. The Morgan fingerprint density at radius 3 is 2.25 bits per heavy atom. The van der Waals surface area contributed by atoms with Gasteiger partial charge in [0.2, 0.25) is 0 Å². The Kier molecular flexibility index (Phi) is 3.55. The maximum absolute atomic E-state index is 11.5. The van der Waals surface area contributed by atoms with E-state index in [4.69, 9.17) is 0 Å². The molecule has 3 nitrogen and oxygen atoms in total. The molecule has 0 spiro atoms. The molecule has 0 atom stereocenters. The van der Waals surface area contributed by atoms with Crippen LogP contribution in [0.3, 0.4) is 0 Å². The van der Waals surface area contributed by atoms with E-state index in [-0.39, 0.29) is 0 Å². The first-order valence-electron chi connectivity index (χ1n) is 2.64. The molecule has 0 fully saturated rings. The predicted octanol–water partition coefficient (Wildman–Crippen LogP) is 0.528. The average Bonchev–Trinajstić information content (AvgIpc) is 1.78. The van der Waals surface area contributed by atoms with Gasteiger partial charge in [-0.15, -0.1) is 6.42 Å². The van der Waals surface area contributed by atoms with Crippen LogP contribution in [0.2, 0.25) is 0 Å². The summed E-state index contributed by atoms with van der Waals surface area (Å²) in [6.07, 6.45) is -0.219. The molecule has 0 heterocycles. The summed E-state index contributed by atoms with van der Waals surface area (Å²) in [5.74, 6) is -0.271. The van der Waals surface area contributed by atoms with Crippen LogP contribution in [0.5, 0.6) is 0 Å². The number of hydrogen-bond donors (Lipinski definition) is 0. The van der Waals surface area contributed by atoms with Crippen molar-refractivity contribution in [2.45, 2.75) is 6.18 Å². The van der Waals surface area contributed by atoms with Crippen LogP contribution < -0.4 is 0 Å². The molecule has 0 amide bonds. The molecule has 0 saturated carbocycles. The second-order valence-electron chi connectivity index (χ2n) is 1.78. The van der Waals surface area contributed by atoms with E-state index in [1.54, 1.807) is 5.92 Å². The van der Waals surface area contributed by atoms with Crippen LogP contribution in [-0.4, -0.2) is 27.0 Å². The van der Waals surface area contributed by atoms with Crippen molar-refractivity contribution in [1.82, 2.24) is 0 Å². The molecule has 0 unspecified atom stereocenters. The number of halogens is 3. The van der Waals surface area contributed by atoms with Crippen molar-refractivity contribution >= 4 is 10.1 Å². The third-order valence-electron chi connectivity index (χ3n) is 0.662. The molecule has 0 aromatic heterocycles. The van der Waals surface area contributed by atoms with E-state index >= 15 is 0 Å². The van der Waals surface area contributed by atoms with Gasteiger partial charge >= 0.3 is 6.18 Å². The maximum atomic E-state index is 11.5. The van der Waals surface area contributed by atoms with Gasteiger partial charge in [0.15, 0.2) is 5.75 Å². The van der Waals surface area contributed by atoms with Crippen molar-refractivity contribution in [2.75, 3.05) is 12.4 Å². The fourth-order valence-corrected chi connectivity index (χ4v) is 1.10. The standard InChI is InChI=1S/C5H5F3O3S/c1-2-3-11-12(9,10)4-5(6,7)8/h1H,3-4H2. The number of hydrogen-bond acceptors (Lipinski definition) is 3. The number of terminal acetylenes is 1. The van der Waals surface area contributed by atoms with Crippen LogP contribution in [-0.2, 0) is 14.3 Å². The monoisotopic (exact) mass is 202 g/mol. The highest BCUT2D eigenvalue weighted by Gasteiger charge is 2.35. The molecular weight excluding hydrogens is 197 g/mol. The van der Waals surface area contributed by atoms with E-state index in [1.165, 1.54) is 0 Å². The molecule has 0 aromatic carbocycles.